The number of fused-ring (bicyclic) bond motifs is 1. The maximum absolute atomic E-state index is 13.9. The molecule has 0 aliphatic carbocycles. The van der Waals surface area contributed by atoms with Crippen molar-refractivity contribution in [3.63, 3.8) is 0 Å². The second-order valence-corrected chi connectivity index (χ2v) is 8.10. The number of alkyl halides is 3. The van der Waals surface area contributed by atoms with Gasteiger partial charge in [-0.15, -0.1) is 0 Å². The molecule has 2 heterocycles. The summed E-state index contributed by atoms with van der Waals surface area (Å²) in [5.41, 5.74) is 4.65. The van der Waals surface area contributed by atoms with E-state index in [1.54, 1.807) is 4.90 Å². The number of carboxylic acids is 1. The van der Waals surface area contributed by atoms with E-state index in [9.17, 15) is 31.1 Å². The first-order valence-corrected chi connectivity index (χ1v) is 10.7. The number of carbonyl (C=O) groups is 2. The number of halogens is 6. The Morgan fingerprint density at radius 3 is 2.14 bits per heavy atom. The number of aromatic amines is 1. The molecule has 0 saturated heterocycles. The molecule has 0 fully saturated rings. The quantitative estimate of drug-likeness (QED) is 0.501. The van der Waals surface area contributed by atoms with Crippen LogP contribution in [0.25, 0.3) is 11.3 Å². The van der Waals surface area contributed by atoms with Gasteiger partial charge < -0.3 is 10.0 Å². The third kappa shape index (κ3) is 6.43. The minimum Gasteiger partial charge on any atom is -0.475 e. The summed E-state index contributed by atoms with van der Waals surface area (Å²) in [6.07, 6.45) is -4.35. The monoisotopic (exact) mass is 513 g/mol. The first kappa shape index (κ1) is 26.8. The van der Waals surface area contributed by atoms with E-state index in [0.29, 0.717) is 38.1 Å². The lowest BCUT2D eigenvalue weighted by Crippen LogP contribution is -2.35. The Morgan fingerprint density at radius 1 is 1.03 bits per heavy atom. The minimum atomic E-state index is -5.08. The first-order chi connectivity index (χ1) is 16.9. The molecule has 2 N–H and O–H groups in total. The van der Waals surface area contributed by atoms with E-state index in [1.807, 2.05) is 31.2 Å². The summed E-state index contributed by atoms with van der Waals surface area (Å²) in [7, 11) is 0. The summed E-state index contributed by atoms with van der Waals surface area (Å²) < 4.78 is 72.6. The third-order valence-corrected chi connectivity index (χ3v) is 5.57. The highest BCUT2D eigenvalue weighted by Crippen LogP contribution is 2.27. The second-order valence-electron chi connectivity index (χ2n) is 8.10. The lowest BCUT2D eigenvalue weighted by atomic mass is 10.0. The Hall–Kier alpha value is -3.83. The van der Waals surface area contributed by atoms with Crippen molar-refractivity contribution >= 4 is 11.9 Å². The Morgan fingerprint density at radius 2 is 1.58 bits per heavy atom. The fourth-order valence-electron chi connectivity index (χ4n) is 3.69. The van der Waals surface area contributed by atoms with Crippen molar-refractivity contribution in [3.05, 3.63) is 76.2 Å². The summed E-state index contributed by atoms with van der Waals surface area (Å²) in [5, 5.41) is 14.6. The summed E-state index contributed by atoms with van der Waals surface area (Å²) >= 11 is 0. The Labute approximate surface area is 201 Å². The molecule has 3 aromatic rings. The first-order valence-electron chi connectivity index (χ1n) is 10.7. The second kappa shape index (κ2) is 10.8. The van der Waals surface area contributed by atoms with Gasteiger partial charge in [-0.25, -0.2) is 18.0 Å². The minimum absolute atomic E-state index is 0.385. The van der Waals surface area contributed by atoms with Gasteiger partial charge in [0.2, 0.25) is 5.91 Å². The number of aromatic nitrogens is 2. The number of carboxylic acid groups (broad SMARTS) is 1. The highest BCUT2D eigenvalue weighted by molar-refractivity contribution is 5.79. The SMILES string of the molecule is Cc1ccc(-c2n[nH]c3c2CCN(C(=O)Cc2c(F)cc(F)cc2F)CC3)cc1.O=C(O)C(F)(F)F. The zero-order valence-electron chi connectivity index (χ0n) is 18.9. The molecule has 0 radical (unpaired) electrons. The molecule has 0 saturated carbocycles. The number of aryl methyl sites for hydroxylation is 1. The Balaban J connectivity index is 0.000000454. The van der Waals surface area contributed by atoms with Crippen LogP contribution in [0.3, 0.4) is 0 Å². The van der Waals surface area contributed by atoms with Crippen LogP contribution in [0.15, 0.2) is 36.4 Å². The van der Waals surface area contributed by atoms with Crippen molar-refractivity contribution in [1.29, 1.82) is 0 Å². The number of hydrogen-bond donors (Lipinski definition) is 2. The van der Waals surface area contributed by atoms with Crippen molar-refractivity contribution in [2.75, 3.05) is 13.1 Å². The number of nitrogens with one attached hydrogen (secondary N) is 1. The Bertz CT molecular complexity index is 1230. The average molecular weight is 513 g/mol. The molecule has 0 unspecified atom stereocenters. The maximum atomic E-state index is 13.9. The predicted octanol–water partition coefficient (Wildman–Crippen LogP) is 4.61. The number of nitrogens with zero attached hydrogens (tertiary/aromatic N) is 2. The van der Waals surface area contributed by atoms with Gasteiger partial charge in [0.25, 0.3) is 0 Å². The number of carbonyl (C=O) groups excluding carboxylic acids is 1. The van der Waals surface area contributed by atoms with Gasteiger partial charge in [0.15, 0.2) is 0 Å². The molecule has 12 heteroatoms. The predicted molar refractivity (Wildman–Crippen MR) is 116 cm³/mol. The van der Waals surface area contributed by atoms with E-state index in [0.717, 1.165) is 28.1 Å². The van der Waals surface area contributed by atoms with Gasteiger partial charge in [-0.1, -0.05) is 29.8 Å². The molecule has 0 bridgehead atoms. The van der Waals surface area contributed by atoms with Gasteiger partial charge in [0.1, 0.15) is 17.5 Å². The molecule has 0 spiro atoms. The van der Waals surface area contributed by atoms with Gasteiger partial charge in [-0.05, 0) is 13.3 Å². The van der Waals surface area contributed by atoms with Gasteiger partial charge in [0.05, 0.1) is 12.1 Å². The van der Waals surface area contributed by atoms with Gasteiger partial charge >= 0.3 is 12.1 Å². The van der Waals surface area contributed by atoms with Gasteiger partial charge in [0, 0.05) is 54.0 Å². The highest BCUT2D eigenvalue weighted by Gasteiger charge is 2.38. The van der Waals surface area contributed by atoms with Crippen LogP contribution in [0, 0.1) is 24.4 Å². The van der Waals surface area contributed by atoms with Crippen molar-refractivity contribution in [3.8, 4) is 11.3 Å². The summed E-state index contributed by atoms with van der Waals surface area (Å²) in [6.45, 7) is 2.87. The Kier molecular flexibility index (Phi) is 8.06. The van der Waals surface area contributed by atoms with Crippen LogP contribution in [0.2, 0.25) is 0 Å². The number of H-pyrrole nitrogens is 1. The maximum Gasteiger partial charge on any atom is 0.490 e. The van der Waals surface area contributed by atoms with Crippen molar-refractivity contribution < 1.29 is 41.0 Å². The molecule has 6 nitrogen and oxygen atoms in total. The lowest BCUT2D eigenvalue weighted by molar-refractivity contribution is -0.192. The summed E-state index contributed by atoms with van der Waals surface area (Å²) in [6, 6.07) is 9.26. The van der Waals surface area contributed by atoms with Crippen LogP contribution < -0.4 is 0 Å². The number of aliphatic carboxylic acids is 1. The normalized spacial score (nSPS) is 13.4. The number of benzene rings is 2. The fraction of sp³-hybridized carbons (Fsp3) is 0.292. The summed E-state index contributed by atoms with van der Waals surface area (Å²) in [5.74, 6) is -6.22. The van der Waals surface area contributed by atoms with E-state index in [2.05, 4.69) is 10.2 Å². The highest BCUT2D eigenvalue weighted by atomic mass is 19.4. The standard InChI is InChI=1S/C22H20F3N3O.C2HF3O2/c1-13-2-4-14(5-3-13)22-16-6-8-28(9-7-20(16)26-27-22)21(29)12-17-18(24)10-15(23)11-19(17)25;3-2(4,5)1(6)7/h2-5,10-11H,6-9,12H2,1H3,(H,26,27);(H,6,7). The van der Waals surface area contributed by atoms with Gasteiger partial charge in [-0.2, -0.15) is 18.3 Å². The van der Waals surface area contributed by atoms with Crippen LogP contribution in [0.1, 0.15) is 22.4 Å². The molecular formula is C24H21F6N3O3. The van der Waals surface area contributed by atoms with E-state index in [4.69, 9.17) is 9.90 Å². The molecule has 2 aromatic carbocycles. The molecule has 1 aromatic heterocycles. The molecule has 4 rings (SSSR count). The van der Waals surface area contributed by atoms with E-state index in [-0.39, 0.29) is 5.91 Å². The molecule has 36 heavy (non-hydrogen) atoms. The largest absolute Gasteiger partial charge is 0.490 e. The summed E-state index contributed by atoms with van der Waals surface area (Å²) in [4.78, 5) is 23.1. The zero-order chi connectivity index (χ0) is 26.6. The molecule has 192 valence electrons. The van der Waals surface area contributed by atoms with Crippen LogP contribution in [0.5, 0.6) is 0 Å². The number of amides is 1. The van der Waals surface area contributed by atoms with Gasteiger partial charge in [-0.3, -0.25) is 9.89 Å². The lowest BCUT2D eigenvalue weighted by Gasteiger charge is -2.20. The smallest absolute Gasteiger partial charge is 0.475 e. The molecule has 0 atom stereocenters. The molecule has 1 aliphatic rings. The van der Waals surface area contributed by atoms with Crippen LogP contribution >= 0.6 is 0 Å². The van der Waals surface area contributed by atoms with Crippen molar-refractivity contribution in [1.82, 2.24) is 15.1 Å². The van der Waals surface area contributed by atoms with Crippen LogP contribution in [-0.4, -0.2) is 51.3 Å². The fourth-order valence-corrected chi connectivity index (χ4v) is 3.69. The van der Waals surface area contributed by atoms with E-state index >= 15 is 0 Å². The molecular weight excluding hydrogens is 492 g/mol. The van der Waals surface area contributed by atoms with Crippen molar-refractivity contribution in [2.45, 2.75) is 32.4 Å². The molecule has 1 amide bonds. The van der Waals surface area contributed by atoms with Crippen LogP contribution in [-0.2, 0) is 28.9 Å². The van der Waals surface area contributed by atoms with E-state index < -0.39 is 41.6 Å². The average Bonchev–Trinajstić information content (AvgIpc) is 3.07. The third-order valence-electron chi connectivity index (χ3n) is 5.57. The number of hydrogen-bond acceptors (Lipinski definition) is 3. The topological polar surface area (TPSA) is 86.3 Å². The van der Waals surface area contributed by atoms with E-state index in [1.165, 1.54) is 0 Å². The molecule has 1 aliphatic heterocycles. The van der Waals surface area contributed by atoms with Crippen molar-refractivity contribution in [2.24, 2.45) is 0 Å². The van der Waals surface area contributed by atoms with Crippen LogP contribution in [0.4, 0.5) is 26.3 Å². The number of rotatable bonds is 3. The zero-order valence-corrected chi connectivity index (χ0v) is 18.9.